The van der Waals surface area contributed by atoms with E-state index in [0.717, 1.165) is 21.5 Å². The average molecular weight is 379 g/mol. The van der Waals surface area contributed by atoms with Gasteiger partial charge in [0.1, 0.15) is 11.5 Å². The summed E-state index contributed by atoms with van der Waals surface area (Å²) in [4.78, 5) is 9.12. The summed E-state index contributed by atoms with van der Waals surface area (Å²) in [6, 6.07) is 17.6. The molecule has 0 unspecified atom stereocenters. The molecule has 0 atom stereocenters. The van der Waals surface area contributed by atoms with Crippen LogP contribution in [0.3, 0.4) is 0 Å². The van der Waals surface area contributed by atoms with Crippen LogP contribution in [0.1, 0.15) is 5.89 Å². The van der Waals surface area contributed by atoms with Gasteiger partial charge in [0.15, 0.2) is 0 Å². The quantitative estimate of drug-likeness (QED) is 0.454. The Labute approximate surface area is 160 Å². The molecule has 27 heavy (non-hydrogen) atoms. The van der Waals surface area contributed by atoms with Crippen molar-refractivity contribution in [3.05, 3.63) is 60.5 Å². The van der Waals surface area contributed by atoms with E-state index in [2.05, 4.69) is 21.2 Å². The van der Waals surface area contributed by atoms with Crippen LogP contribution in [0.4, 0.5) is 0 Å². The first-order chi connectivity index (χ1) is 13.3. The van der Waals surface area contributed by atoms with Gasteiger partial charge in [0, 0.05) is 11.5 Å². The molecule has 0 spiro atoms. The summed E-state index contributed by atoms with van der Waals surface area (Å²) in [5, 5.41) is 6.10. The van der Waals surface area contributed by atoms with E-state index in [4.69, 9.17) is 14.0 Å². The summed E-state index contributed by atoms with van der Waals surface area (Å²) in [6.07, 6.45) is 0. The number of nitrogens with zero attached hydrogens (tertiary/aromatic N) is 3. The summed E-state index contributed by atoms with van der Waals surface area (Å²) in [5.74, 6) is 2.89. The molecule has 2 aromatic carbocycles. The molecule has 0 radical (unpaired) electrons. The maximum atomic E-state index is 5.40. The Morgan fingerprint density at radius 2 is 1.85 bits per heavy atom. The van der Waals surface area contributed by atoms with Gasteiger partial charge in [0.25, 0.3) is 0 Å². The minimum atomic E-state index is 0.483. The highest BCUT2D eigenvalue weighted by molar-refractivity contribution is 7.98. The van der Waals surface area contributed by atoms with Gasteiger partial charge in [-0.05, 0) is 24.3 Å². The molecule has 0 saturated heterocycles. The molecule has 6 nitrogen and oxygen atoms in total. The first-order valence-electron chi connectivity index (χ1n) is 8.30. The number of hydrogen-bond acceptors (Lipinski definition) is 7. The number of para-hydroxylation sites is 1. The third-order valence-electron chi connectivity index (χ3n) is 4.03. The molecule has 0 N–H and O–H groups in total. The van der Waals surface area contributed by atoms with Crippen LogP contribution < -0.4 is 9.47 Å². The predicted octanol–water partition coefficient (Wildman–Crippen LogP) is 4.59. The molecule has 0 aliphatic carbocycles. The number of rotatable bonds is 6. The van der Waals surface area contributed by atoms with Gasteiger partial charge < -0.3 is 14.0 Å². The topological polar surface area (TPSA) is 70.3 Å². The summed E-state index contributed by atoms with van der Waals surface area (Å²) < 4.78 is 16.0. The maximum Gasteiger partial charge on any atom is 0.237 e. The predicted molar refractivity (Wildman–Crippen MR) is 104 cm³/mol. The largest absolute Gasteiger partial charge is 0.497 e. The molecule has 136 valence electrons. The Balaban J connectivity index is 1.51. The molecule has 4 aromatic rings. The standard InChI is InChI=1S/C20H17N3O3S/c1-24-14-8-9-15(17(11-14)25-2)20-22-18(26-23-20)12-27-19-10-7-13-5-3-4-6-16(13)21-19/h3-11H,12H2,1-2H3. The summed E-state index contributed by atoms with van der Waals surface area (Å²) in [7, 11) is 3.21. The fourth-order valence-corrected chi connectivity index (χ4v) is 3.39. The normalized spacial score (nSPS) is 10.9. The third-order valence-corrected chi connectivity index (χ3v) is 4.95. The Kier molecular flexibility index (Phi) is 4.93. The fourth-order valence-electron chi connectivity index (χ4n) is 2.67. The van der Waals surface area contributed by atoms with E-state index in [-0.39, 0.29) is 0 Å². The molecular formula is C20H17N3O3S. The number of hydrogen-bond donors (Lipinski definition) is 0. The number of fused-ring (bicyclic) bond motifs is 1. The van der Waals surface area contributed by atoms with E-state index in [9.17, 15) is 0 Å². The lowest BCUT2D eigenvalue weighted by atomic mass is 10.2. The van der Waals surface area contributed by atoms with E-state index in [1.165, 1.54) is 0 Å². The molecule has 4 rings (SSSR count). The monoisotopic (exact) mass is 379 g/mol. The Morgan fingerprint density at radius 3 is 2.70 bits per heavy atom. The van der Waals surface area contributed by atoms with Crippen molar-refractivity contribution < 1.29 is 14.0 Å². The van der Waals surface area contributed by atoms with E-state index >= 15 is 0 Å². The highest BCUT2D eigenvalue weighted by atomic mass is 32.2. The van der Waals surface area contributed by atoms with Crippen molar-refractivity contribution >= 4 is 22.7 Å². The molecule has 0 amide bonds. The summed E-state index contributed by atoms with van der Waals surface area (Å²) >= 11 is 1.55. The molecule has 2 aromatic heterocycles. The first-order valence-corrected chi connectivity index (χ1v) is 9.29. The number of methoxy groups -OCH3 is 2. The zero-order valence-corrected chi connectivity index (χ0v) is 15.7. The average Bonchev–Trinajstić information content (AvgIpc) is 3.20. The number of ether oxygens (including phenoxy) is 2. The summed E-state index contributed by atoms with van der Waals surface area (Å²) in [5.41, 5.74) is 1.72. The van der Waals surface area contributed by atoms with Crippen molar-refractivity contribution in [1.82, 2.24) is 15.1 Å². The van der Waals surface area contributed by atoms with E-state index in [1.54, 1.807) is 32.0 Å². The molecule has 0 aliphatic heterocycles. The van der Waals surface area contributed by atoms with Crippen LogP contribution in [-0.2, 0) is 5.75 Å². The van der Waals surface area contributed by atoms with Crippen LogP contribution in [0.25, 0.3) is 22.3 Å². The number of pyridine rings is 1. The molecule has 0 fully saturated rings. The molecule has 0 saturated carbocycles. The van der Waals surface area contributed by atoms with Crippen LogP contribution >= 0.6 is 11.8 Å². The zero-order chi connectivity index (χ0) is 18.6. The van der Waals surface area contributed by atoms with Gasteiger partial charge in [0.05, 0.1) is 36.1 Å². The minimum absolute atomic E-state index is 0.483. The zero-order valence-electron chi connectivity index (χ0n) is 14.9. The Morgan fingerprint density at radius 1 is 0.963 bits per heavy atom. The van der Waals surface area contributed by atoms with E-state index in [0.29, 0.717) is 29.0 Å². The second-order valence-electron chi connectivity index (χ2n) is 5.71. The van der Waals surface area contributed by atoms with Gasteiger partial charge >= 0.3 is 0 Å². The van der Waals surface area contributed by atoms with Crippen molar-refractivity contribution in [1.29, 1.82) is 0 Å². The SMILES string of the molecule is COc1ccc(-c2noc(CSc3ccc4ccccc4n3)n2)c(OC)c1. The van der Waals surface area contributed by atoms with Crippen LogP contribution in [0.2, 0.25) is 0 Å². The van der Waals surface area contributed by atoms with Crippen molar-refractivity contribution in [2.45, 2.75) is 10.8 Å². The van der Waals surface area contributed by atoms with Crippen LogP contribution in [0.15, 0.2) is 64.1 Å². The second-order valence-corrected chi connectivity index (χ2v) is 6.70. The number of aromatic nitrogens is 3. The van der Waals surface area contributed by atoms with Gasteiger partial charge in [-0.1, -0.05) is 41.2 Å². The molecule has 0 aliphatic rings. The Bertz CT molecular complexity index is 1080. The molecule has 0 bridgehead atoms. The highest BCUT2D eigenvalue weighted by Crippen LogP contribution is 2.32. The lowest BCUT2D eigenvalue weighted by Crippen LogP contribution is -1.91. The molecule has 2 heterocycles. The number of benzene rings is 2. The fraction of sp³-hybridized carbons (Fsp3) is 0.150. The lowest BCUT2D eigenvalue weighted by Gasteiger charge is -2.07. The highest BCUT2D eigenvalue weighted by Gasteiger charge is 2.14. The number of thioether (sulfide) groups is 1. The second kappa shape index (κ2) is 7.67. The van der Waals surface area contributed by atoms with Gasteiger partial charge in [-0.15, -0.1) is 0 Å². The molecular weight excluding hydrogens is 362 g/mol. The smallest absolute Gasteiger partial charge is 0.237 e. The molecule has 7 heteroatoms. The van der Waals surface area contributed by atoms with Gasteiger partial charge in [0.2, 0.25) is 11.7 Å². The van der Waals surface area contributed by atoms with Crippen molar-refractivity contribution in [2.24, 2.45) is 0 Å². The van der Waals surface area contributed by atoms with Crippen LogP contribution in [0, 0.1) is 0 Å². The van der Waals surface area contributed by atoms with E-state index in [1.807, 2.05) is 42.5 Å². The van der Waals surface area contributed by atoms with Gasteiger partial charge in [-0.2, -0.15) is 4.98 Å². The van der Waals surface area contributed by atoms with Gasteiger partial charge in [-0.3, -0.25) is 0 Å². The summed E-state index contributed by atoms with van der Waals surface area (Å²) in [6.45, 7) is 0. The van der Waals surface area contributed by atoms with E-state index < -0.39 is 0 Å². The van der Waals surface area contributed by atoms with Crippen LogP contribution in [-0.4, -0.2) is 29.3 Å². The Hall–Kier alpha value is -3.06. The third kappa shape index (κ3) is 3.73. The van der Waals surface area contributed by atoms with Crippen molar-refractivity contribution in [3.63, 3.8) is 0 Å². The maximum absolute atomic E-state index is 5.40. The van der Waals surface area contributed by atoms with Gasteiger partial charge in [-0.25, -0.2) is 4.98 Å². The lowest BCUT2D eigenvalue weighted by molar-refractivity contribution is 0.388. The van der Waals surface area contributed by atoms with Crippen LogP contribution in [0.5, 0.6) is 11.5 Å². The first kappa shape index (κ1) is 17.4. The minimum Gasteiger partial charge on any atom is -0.497 e. The van der Waals surface area contributed by atoms with Crippen molar-refractivity contribution in [2.75, 3.05) is 14.2 Å². The van der Waals surface area contributed by atoms with Crippen molar-refractivity contribution in [3.8, 4) is 22.9 Å².